The van der Waals surface area contributed by atoms with Crippen LogP contribution in [0.4, 0.5) is 5.13 Å². The molecule has 7 heteroatoms. The van der Waals surface area contributed by atoms with Crippen LogP contribution in [0.25, 0.3) is 0 Å². The molecule has 0 saturated heterocycles. The molecule has 1 amide bonds. The number of hydrogen-bond acceptors (Lipinski definition) is 6. The van der Waals surface area contributed by atoms with Crippen LogP contribution in [0.15, 0.2) is 54.6 Å². The number of aromatic nitrogens is 2. The van der Waals surface area contributed by atoms with Gasteiger partial charge in [-0.2, -0.15) is 0 Å². The van der Waals surface area contributed by atoms with E-state index in [4.69, 9.17) is 9.47 Å². The van der Waals surface area contributed by atoms with E-state index in [1.165, 1.54) is 11.3 Å². The number of aryl methyl sites for hydroxylation is 1. The van der Waals surface area contributed by atoms with Crippen molar-refractivity contribution in [3.63, 3.8) is 0 Å². The van der Waals surface area contributed by atoms with Gasteiger partial charge in [-0.25, -0.2) is 0 Å². The van der Waals surface area contributed by atoms with Crippen molar-refractivity contribution >= 4 is 22.4 Å². The maximum Gasteiger partial charge on any atom is 0.261 e. The summed E-state index contributed by atoms with van der Waals surface area (Å²) >= 11 is 1.37. The maximum atomic E-state index is 12.5. The highest BCUT2D eigenvalue weighted by Gasteiger charge is 2.14. The third-order valence-corrected chi connectivity index (χ3v) is 4.56. The Morgan fingerprint density at radius 3 is 2.63 bits per heavy atom. The molecule has 27 heavy (non-hydrogen) atoms. The van der Waals surface area contributed by atoms with E-state index in [1.807, 2.05) is 43.3 Å². The van der Waals surface area contributed by atoms with Gasteiger partial charge in [-0.3, -0.25) is 10.1 Å². The summed E-state index contributed by atoms with van der Waals surface area (Å²) in [6.07, 6.45) is 1.57. The van der Waals surface area contributed by atoms with Crippen LogP contribution >= 0.6 is 11.3 Å². The van der Waals surface area contributed by atoms with E-state index in [0.29, 0.717) is 29.7 Å². The van der Waals surface area contributed by atoms with Gasteiger partial charge in [0, 0.05) is 6.42 Å². The van der Waals surface area contributed by atoms with Gasteiger partial charge in [0.15, 0.2) is 0 Å². The fourth-order valence-electron chi connectivity index (χ4n) is 2.44. The Bertz CT molecular complexity index is 868. The van der Waals surface area contributed by atoms with Gasteiger partial charge in [0.2, 0.25) is 5.13 Å². The van der Waals surface area contributed by atoms with E-state index < -0.39 is 0 Å². The first kappa shape index (κ1) is 18.8. The van der Waals surface area contributed by atoms with Crippen LogP contribution < -0.4 is 14.8 Å². The van der Waals surface area contributed by atoms with Crippen molar-refractivity contribution in [2.75, 3.05) is 18.5 Å². The molecule has 2 aromatic carbocycles. The molecule has 0 saturated carbocycles. The van der Waals surface area contributed by atoms with E-state index in [0.717, 1.165) is 23.6 Å². The lowest BCUT2D eigenvalue weighted by Gasteiger charge is -2.08. The highest BCUT2D eigenvalue weighted by molar-refractivity contribution is 7.15. The molecular formula is C20H21N3O3S. The molecule has 3 aromatic rings. The molecule has 1 aromatic heterocycles. The quantitative estimate of drug-likeness (QED) is 0.561. The fraction of sp³-hybridized carbons (Fsp3) is 0.250. The molecule has 0 aliphatic carbocycles. The molecule has 0 bridgehead atoms. The van der Waals surface area contributed by atoms with Crippen LogP contribution in [0.2, 0.25) is 0 Å². The Morgan fingerprint density at radius 1 is 1.04 bits per heavy atom. The largest absolute Gasteiger partial charge is 0.494 e. The first-order valence-corrected chi connectivity index (χ1v) is 9.61. The van der Waals surface area contributed by atoms with Gasteiger partial charge in [-0.05, 0) is 37.6 Å². The van der Waals surface area contributed by atoms with Crippen LogP contribution in [0.3, 0.4) is 0 Å². The van der Waals surface area contributed by atoms with Crippen LogP contribution in [-0.2, 0) is 6.42 Å². The number of carbonyl (C=O) groups excluding carboxylic acids is 1. The van der Waals surface area contributed by atoms with Gasteiger partial charge in [-0.1, -0.05) is 41.7 Å². The zero-order chi connectivity index (χ0) is 18.9. The normalized spacial score (nSPS) is 10.4. The number of nitrogens with one attached hydrogen (secondary N) is 1. The second-order valence-corrected chi connectivity index (χ2v) is 6.71. The average molecular weight is 383 g/mol. The van der Waals surface area contributed by atoms with Crippen molar-refractivity contribution in [1.29, 1.82) is 0 Å². The molecule has 0 aliphatic heterocycles. The molecule has 0 radical (unpaired) electrons. The van der Waals surface area contributed by atoms with E-state index in [2.05, 4.69) is 15.5 Å². The molecule has 0 spiro atoms. The highest BCUT2D eigenvalue weighted by atomic mass is 32.1. The molecule has 3 rings (SSSR count). The molecular weight excluding hydrogens is 362 g/mol. The SMILES string of the molecule is CCOc1ccccc1C(=O)Nc1nnc(CCCOc2ccccc2)s1. The van der Waals surface area contributed by atoms with Gasteiger partial charge in [0.25, 0.3) is 5.91 Å². The van der Waals surface area contributed by atoms with Gasteiger partial charge in [0.05, 0.1) is 18.8 Å². The molecule has 0 aliphatic rings. The maximum absolute atomic E-state index is 12.5. The van der Waals surface area contributed by atoms with Gasteiger partial charge in [0.1, 0.15) is 16.5 Å². The minimum absolute atomic E-state index is 0.255. The summed E-state index contributed by atoms with van der Waals surface area (Å²) < 4.78 is 11.2. The van der Waals surface area contributed by atoms with Crippen LogP contribution in [0, 0.1) is 0 Å². The number of anilines is 1. The fourth-order valence-corrected chi connectivity index (χ4v) is 3.21. The van der Waals surface area contributed by atoms with Gasteiger partial charge in [-0.15, -0.1) is 10.2 Å². The number of rotatable bonds is 9. The third kappa shape index (κ3) is 5.52. The van der Waals surface area contributed by atoms with Crippen molar-refractivity contribution in [2.45, 2.75) is 19.8 Å². The first-order chi connectivity index (χ1) is 13.3. The molecule has 140 valence electrons. The standard InChI is InChI=1S/C20H21N3O3S/c1-2-25-17-12-7-6-11-16(17)19(24)21-20-23-22-18(27-20)13-8-14-26-15-9-4-3-5-10-15/h3-7,9-12H,2,8,13-14H2,1H3,(H,21,23,24). The summed E-state index contributed by atoms with van der Waals surface area (Å²) in [5.74, 6) is 1.16. The van der Waals surface area contributed by atoms with Crippen molar-refractivity contribution < 1.29 is 14.3 Å². The zero-order valence-corrected chi connectivity index (χ0v) is 15.9. The van der Waals surface area contributed by atoms with E-state index in [-0.39, 0.29) is 5.91 Å². The molecule has 6 nitrogen and oxygen atoms in total. The third-order valence-electron chi connectivity index (χ3n) is 3.67. The lowest BCUT2D eigenvalue weighted by molar-refractivity contribution is 0.102. The van der Waals surface area contributed by atoms with Crippen LogP contribution in [0.1, 0.15) is 28.7 Å². The summed E-state index contributed by atoms with van der Waals surface area (Å²) in [6.45, 7) is 2.98. The predicted octanol–water partition coefficient (Wildman–Crippen LogP) is 4.20. The summed E-state index contributed by atoms with van der Waals surface area (Å²) in [5.41, 5.74) is 0.479. The lowest BCUT2D eigenvalue weighted by Crippen LogP contribution is -2.13. The summed E-state index contributed by atoms with van der Waals surface area (Å²) in [6, 6.07) is 16.8. The second-order valence-electron chi connectivity index (χ2n) is 5.65. The number of hydrogen-bond donors (Lipinski definition) is 1. The monoisotopic (exact) mass is 383 g/mol. The van der Waals surface area contributed by atoms with E-state index >= 15 is 0 Å². The Balaban J connectivity index is 1.50. The molecule has 0 atom stereocenters. The average Bonchev–Trinajstić information content (AvgIpc) is 3.14. The minimum Gasteiger partial charge on any atom is -0.494 e. The number of ether oxygens (including phenoxy) is 2. The summed E-state index contributed by atoms with van der Waals surface area (Å²) in [4.78, 5) is 12.5. The second kappa shape index (κ2) is 9.68. The van der Waals surface area contributed by atoms with E-state index in [9.17, 15) is 4.79 Å². The van der Waals surface area contributed by atoms with Crippen molar-refractivity contribution in [3.05, 3.63) is 65.2 Å². The Kier molecular flexibility index (Phi) is 6.76. The lowest BCUT2D eigenvalue weighted by atomic mass is 10.2. The van der Waals surface area contributed by atoms with Gasteiger partial charge >= 0.3 is 0 Å². The molecule has 0 fully saturated rings. The van der Waals surface area contributed by atoms with Crippen LogP contribution in [0.5, 0.6) is 11.5 Å². The number of para-hydroxylation sites is 2. The predicted molar refractivity (Wildman–Crippen MR) is 106 cm³/mol. The van der Waals surface area contributed by atoms with Crippen molar-refractivity contribution in [2.24, 2.45) is 0 Å². The summed E-state index contributed by atoms with van der Waals surface area (Å²) in [7, 11) is 0. The highest BCUT2D eigenvalue weighted by Crippen LogP contribution is 2.22. The first-order valence-electron chi connectivity index (χ1n) is 8.79. The molecule has 1 heterocycles. The number of nitrogens with zero attached hydrogens (tertiary/aromatic N) is 2. The Morgan fingerprint density at radius 2 is 1.81 bits per heavy atom. The number of benzene rings is 2. The summed E-state index contributed by atoms with van der Waals surface area (Å²) in [5, 5.41) is 12.3. The smallest absolute Gasteiger partial charge is 0.261 e. The number of amides is 1. The topological polar surface area (TPSA) is 73.3 Å². The van der Waals surface area contributed by atoms with Crippen molar-refractivity contribution in [3.8, 4) is 11.5 Å². The minimum atomic E-state index is -0.255. The van der Waals surface area contributed by atoms with Crippen LogP contribution in [-0.4, -0.2) is 29.3 Å². The molecule has 0 unspecified atom stereocenters. The zero-order valence-electron chi connectivity index (χ0n) is 15.1. The number of carbonyl (C=O) groups is 1. The van der Waals surface area contributed by atoms with Gasteiger partial charge < -0.3 is 9.47 Å². The van der Waals surface area contributed by atoms with Crippen molar-refractivity contribution in [1.82, 2.24) is 10.2 Å². The Labute approximate surface area is 162 Å². The Hall–Kier alpha value is -2.93. The molecule has 1 N–H and O–H groups in total. The van der Waals surface area contributed by atoms with E-state index in [1.54, 1.807) is 18.2 Å².